The SMILES string of the molecule is COCCN(C)CCCCCCOC1CCC(NC(=O)O)CC1. The average molecular weight is 330 g/mol. The summed E-state index contributed by atoms with van der Waals surface area (Å²) in [5.41, 5.74) is 0. The van der Waals surface area contributed by atoms with Gasteiger partial charge in [0.05, 0.1) is 12.7 Å². The first kappa shape index (κ1) is 20.2. The number of likely N-dealkylation sites (N-methyl/N-ethyl adjacent to an activating group) is 1. The van der Waals surface area contributed by atoms with Gasteiger partial charge in [0.15, 0.2) is 0 Å². The lowest BCUT2D eigenvalue weighted by atomic mass is 9.93. The third kappa shape index (κ3) is 10.5. The first-order valence-electron chi connectivity index (χ1n) is 8.90. The third-order valence-corrected chi connectivity index (χ3v) is 4.47. The molecule has 0 aromatic heterocycles. The summed E-state index contributed by atoms with van der Waals surface area (Å²) in [6.45, 7) is 3.76. The van der Waals surface area contributed by atoms with Crippen LogP contribution in [0.4, 0.5) is 4.79 Å². The van der Waals surface area contributed by atoms with E-state index in [9.17, 15) is 4.79 Å². The van der Waals surface area contributed by atoms with Crippen LogP contribution in [0.2, 0.25) is 0 Å². The van der Waals surface area contributed by atoms with Crippen molar-refractivity contribution < 1.29 is 19.4 Å². The van der Waals surface area contributed by atoms with E-state index in [0.29, 0.717) is 6.10 Å². The van der Waals surface area contributed by atoms with Crippen LogP contribution in [-0.4, -0.2) is 68.7 Å². The molecule has 1 rings (SSSR count). The van der Waals surface area contributed by atoms with Gasteiger partial charge in [-0.2, -0.15) is 0 Å². The first-order chi connectivity index (χ1) is 11.1. The van der Waals surface area contributed by atoms with E-state index in [1.165, 1.54) is 19.3 Å². The van der Waals surface area contributed by atoms with E-state index in [-0.39, 0.29) is 6.04 Å². The first-order valence-corrected chi connectivity index (χ1v) is 8.90. The van der Waals surface area contributed by atoms with Crippen molar-refractivity contribution >= 4 is 6.09 Å². The van der Waals surface area contributed by atoms with Crippen LogP contribution in [0, 0.1) is 0 Å². The number of hydrogen-bond acceptors (Lipinski definition) is 4. The van der Waals surface area contributed by atoms with Crippen LogP contribution >= 0.6 is 0 Å². The molecule has 0 radical (unpaired) electrons. The van der Waals surface area contributed by atoms with Gasteiger partial charge in [-0.1, -0.05) is 12.8 Å². The van der Waals surface area contributed by atoms with E-state index < -0.39 is 6.09 Å². The number of rotatable bonds is 12. The van der Waals surface area contributed by atoms with Crippen LogP contribution < -0.4 is 5.32 Å². The van der Waals surface area contributed by atoms with Crippen LogP contribution in [-0.2, 0) is 9.47 Å². The smallest absolute Gasteiger partial charge is 0.404 e. The molecular formula is C17H34N2O4. The van der Waals surface area contributed by atoms with Gasteiger partial charge in [0.1, 0.15) is 0 Å². The molecule has 0 spiro atoms. The van der Waals surface area contributed by atoms with Crippen LogP contribution in [0.25, 0.3) is 0 Å². The van der Waals surface area contributed by atoms with E-state index in [0.717, 1.165) is 58.4 Å². The summed E-state index contributed by atoms with van der Waals surface area (Å²) >= 11 is 0. The van der Waals surface area contributed by atoms with E-state index >= 15 is 0 Å². The quantitative estimate of drug-likeness (QED) is 0.538. The van der Waals surface area contributed by atoms with Crippen molar-refractivity contribution in [1.29, 1.82) is 0 Å². The topological polar surface area (TPSA) is 71.0 Å². The maximum absolute atomic E-state index is 10.6. The van der Waals surface area contributed by atoms with Crippen molar-refractivity contribution in [2.45, 2.75) is 63.5 Å². The molecule has 0 aromatic rings. The van der Waals surface area contributed by atoms with Crippen molar-refractivity contribution in [3.8, 4) is 0 Å². The van der Waals surface area contributed by atoms with Crippen LogP contribution in [0.15, 0.2) is 0 Å². The van der Waals surface area contributed by atoms with Gasteiger partial charge in [-0.15, -0.1) is 0 Å². The number of carboxylic acid groups (broad SMARTS) is 1. The highest BCUT2D eigenvalue weighted by atomic mass is 16.5. The molecule has 1 fully saturated rings. The van der Waals surface area contributed by atoms with E-state index in [1.54, 1.807) is 7.11 Å². The van der Waals surface area contributed by atoms with Crippen molar-refractivity contribution in [1.82, 2.24) is 10.2 Å². The Morgan fingerprint density at radius 3 is 2.43 bits per heavy atom. The second-order valence-electron chi connectivity index (χ2n) is 6.50. The third-order valence-electron chi connectivity index (χ3n) is 4.47. The molecule has 0 atom stereocenters. The van der Waals surface area contributed by atoms with E-state index in [1.807, 2.05) is 0 Å². The molecule has 2 N–H and O–H groups in total. The monoisotopic (exact) mass is 330 g/mol. The predicted molar refractivity (Wildman–Crippen MR) is 91.0 cm³/mol. The van der Waals surface area contributed by atoms with Crippen LogP contribution in [0.3, 0.4) is 0 Å². The normalized spacial score (nSPS) is 21.5. The van der Waals surface area contributed by atoms with Gasteiger partial charge in [-0.05, 0) is 52.1 Å². The molecule has 0 aromatic carbocycles. The van der Waals surface area contributed by atoms with Gasteiger partial charge < -0.3 is 24.8 Å². The van der Waals surface area contributed by atoms with Crippen LogP contribution in [0.5, 0.6) is 0 Å². The standard InChI is InChI=1S/C17H34N2O4/c1-19(12-14-22-2)11-5-3-4-6-13-23-16-9-7-15(8-10-16)18-17(20)21/h15-16,18H,3-14H2,1-2H3,(H,20,21). The summed E-state index contributed by atoms with van der Waals surface area (Å²) in [6.07, 6.45) is 7.94. The predicted octanol–water partition coefficient (Wildman–Crippen LogP) is 2.72. The summed E-state index contributed by atoms with van der Waals surface area (Å²) in [4.78, 5) is 12.9. The highest BCUT2D eigenvalue weighted by molar-refractivity contribution is 5.64. The molecule has 1 aliphatic carbocycles. The fourth-order valence-corrected chi connectivity index (χ4v) is 2.99. The number of ether oxygens (including phenoxy) is 2. The Bertz CT molecular complexity index is 307. The highest BCUT2D eigenvalue weighted by Gasteiger charge is 2.22. The Morgan fingerprint density at radius 1 is 1.09 bits per heavy atom. The number of carbonyl (C=O) groups is 1. The molecule has 23 heavy (non-hydrogen) atoms. The van der Waals surface area contributed by atoms with Gasteiger partial charge in [0, 0.05) is 26.3 Å². The molecule has 0 saturated heterocycles. The van der Waals surface area contributed by atoms with Crippen molar-refractivity contribution in [2.75, 3.05) is 40.5 Å². The summed E-state index contributed by atoms with van der Waals surface area (Å²) < 4.78 is 11.0. The maximum Gasteiger partial charge on any atom is 0.404 e. The summed E-state index contributed by atoms with van der Waals surface area (Å²) in [5.74, 6) is 0. The summed E-state index contributed by atoms with van der Waals surface area (Å²) in [6, 6.07) is 0.113. The van der Waals surface area contributed by atoms with Crippen molar-refractivity contribution in [2.24, 2.45) is 0 Å². The minimum atomic E-state index is -0.915. The number of nitrogens with zero attached hydrogens (tertiary/aromatic N) is 1. The Kier molecular flexibility index (Phi) is 11.0. The molecule has 0 unspecified atom stereocenters. The number of nitrogens with one attached hydrogen (secondary N) is 1. The Hall–Kier alpha value is -0.850. The number of methoxy groups -OCH3 is 1. The van der Waals surface area contributed by atoms with Gasteiger partial charge >= 0.3 is 6.09 Å². The molecular weight excluding hydrogens is 296 g/mol. The minimum Gasteiger partial charge on any atom is -0.465 e. The van der Waals surface area contributed by atoms with Crippen molar-refractivity contribution in [3.63, 3.8) is 0 Å². The van der Waals surface area contributed by atoms with Crippen molar-refractivity contribution in [3.05, 3.63) is 0 Å². The average Bonchev–Trinajstić information content (AvgIpc) is 2.53. The molecule has 1 saturated carbocycles. The van der Waals surface area contributed by atoms with E-state index in [4.69, 9.17) is 14.6 Å². The summed E-state index contributed by atoms with van der Waals surface area (Å²) in [7, 11) is 3.88. The summed E-state index contributed by atoms with van der Waals surface area (Å²) in [5, 5.41) is 11.3. The lowest BCUT2D eigenvalue weighted by Gasteiger charge is -2.28. The fraction of sp³-hybridized carbons (Fsp3) is 0.941. The molecule has 1 aliphatic rings. The Balaban J connectivity index is 1.89. The van der Waals surface area contributed by atoms with Gasteiger partial charge in [-0.3, -0.25) is 0 Å². The number of hydrogen-bond donors (Lipinski definition) is 2. The molecule has 0 aliphatic heterocycles. The number of unbranched alkanes of at least 4 members (excludes halogenated alkanes) is 3. The minimum absolute atomic E-state index is 0.113. The van der Waals surface area contributed by atoms with Gasteiger partial charge in [-0.25, -0.2) is 4.79 Å². The maximum atomic E-state index is 10.6. The Labute approximate surface area is 140 Å². The molecule has 1 amide bonds. The van der Waals surface area contributed by atoms with Gasteiger partial charge in [0.2, 0.25) is 0 Å². The second kappa shape index (κ2) is 12.6. The second-order valence-corrected chi connectivity index (χ2v) is 6.50. The van der Waals surface area contributed by atoms with Crippen LogP contribution in [0.1, 0.15) is 51.4 Å². The highest BCUT2D eigenvalue weighted by Crippen LogP contribution is 2.21. The molecule has 6 nitrogen and oxygen atoms in total. The fourth-order valence-electron chi connectivity index (χ4n) is 2.99. The number of amides is 1. The zero-order chi connectivity index (χ0) is 16.9. The molecule has 6 heteroatoms. The zero-order valence-electron chi connectivity index (χ0n) is 14.8. The Morgan fingerprint density at radius 2 is 1.78 bits per heavy atom. The molecule has 0 heterocycles. The zero-order valence-corrected chi connectivity index (χ0v) is 14.8. The van der Waals surface area contributed by atoms with Gasteiger partial charge in [0.25, 0.3) is 0 Å². The van der Waals surface area contributed by atoms with E-state index in [2.05, 4.69) is 17.3 Å². The lowest BCUT2D eigenvalue weighted by Crippen LogP contribution is -2.38. The molecule has 0 bridgehead atoms. The lowest BCUT2D eigenvalue weighted by molar-refractivity contribution is 0.0206. The largest absolute Gasteiger partial charge is 0.465 e. The molecule has 136 valence electrons.